The number of hydrogen-bond acceptors (Lipinski definition) is 7. The summed E-state index contributed by atoms with van der Waals surface area (Å²) in [5, 5.41) is 18.8. The minimum atomic E-state index is -3.52. The summed E-state index contributed by atoms with van der Waals surface area (Å²) in [6.45, 7) is 15.4. The fourth-order valence-corrected chi connectivity index (χ4v) is 6.55. The number of carboxylic acid groups (broad SMARTS) is 2. The maximum absolute atomic E-state index is 13.4. The fraction of sp³-hybridized carbons (Fsp3) is 0.625. The highest BCUT2D eigenvalue weighted by Crippen LogP contribution is 2.29. The van der Waals surface area contributed by atoms with E-state index in [4.69, 9.17) is 36.8 Å². The molecule has 11 nitrogen and oxygen atoms in total. The third kappa shape index (κ3) is 8.60. The number of thiocarbonyl (C=S) groups is 1. The van der Waals surface area contributed by atoms with Crippen molar-refractivity contribution in [3.05, 3.63) is 28.3 Å². The number of benzene rings is 1. The van der Waals surface area contributed by atoms with Gasteiger partial charge in [-0.05, 0) is 75.1 Å². The van der Waals surface area contributed by atoms with Crippen molar-refractivity contribution in [1.82, 2.24) is 19.4 Å². The third-order valence-electron chi connectivity index (χ3n) is 6.63. The molecule has 0 spiro atoms. The quantitative estimate of drug-likeness (QED) is 0.261. The van der Waals surface area contributed by atoms with Crippen LogP contribution in [0.3, 0.4) is 0 Å². The van der Waals surface area contributed by atoms with Crippen LogP contribution >= 0.6 is 12.2 Å². The first-order chi connectivity index (χ1) is 17.4. The van der Waals surface area contributed by atoms with E-state index < -0.39 is 22.0 Å². The Kier molecular flexibility index (Phi) is 11.7. The maximum atomic E-state index is 13.4. The first-order valence-corrected chi connectivity index (χ1v) is 14.1. The SMILES string of the molecule is Cc1cc(C)c(C)c(S(=O)(=O)N2CCN(C(=S)NCCCN3CCOCC3)CC2)c1C.O=C(O)C(=O)O. The summed E-state index contributed by atoms with van der Waals surface area (Å²) in [6, 6.07) is 2.06. The van der Waals surface area contributed by atoms with Gasteiger partial charge in [-0.1, -0.05) is 6.07 Å². The molecule has 0 atom stereocenters. The second kappa shape index (κ2) is 14.0. The minimum Gasteiger partial charge on any atom is -0.473 e. The van der Waals surface area contributed by atoms with Gasteiger partial charge >= 0.3 is 11.9 Å². The summed E-state index contributed by atoms with van der Waals surface area (Å²) in [6.07, 6.45) is 1.03. The molecule has 0 aliphatic carbocycles. The van der Waals surface area contributed by atoms with Crippen LogP contribution in [0.4, 0.5) is 0 Å². The molecule has 2 aliphatic heterocycles. The molecular weight excluding hydrogens is 520 g/mol. The van der Waals surface area contributed by atoms with Crippen LogP contribution in [-0.2, 0) is 24.3 Å². The molecule has 208 valence electrons. The number of aliphatic carboxylic acids is 2. The Hall–Kier alpha value is -2.32. The van der Waals surface area contributed by atoms with Gasteiger partial charge < -0.3 is 25.2 Å². The van der Waals surface area contributed by atoms with Gasteiger partial charge in [-0.15, -0.1) is 0 Å². The molecule has 2 heterocycles. The number of piperazine rings is 1. The van der Waals surface area contributed by atoms with Crippen LogP contribution in [0.1, 0.15) is 28.7 Å². The summed E-state index contributed by atoms with van der Waals surface area (Å²) in [7, 11) is -3.52. The Morgan fingerprint density at radius 3 is 1.95 bits per heavy atom. The molecule has 13 heteroatoms. The van der Waals surface area contributed by atoms with Crippen molar-refractivity contribution in [2.75, 3.05) is 65.6 Å². The number of nitrogens with one attached hydrogen (secondary N) is 1. The largest absolute Gasteiger partial charge is 0.473 e. The lowest BCUT2D eigenvalue weighted by atomic mass is 10.0. The van der Waals surface area contributed by atoms with Crippen molar-refractivity contribution >= 4 is 39.3 Å². The molecule has 3 rings (SSSR count). The predicted octanol–water partition coefficient (Wildman–Crippen LogP) is 0.979. The van der Waals surface area contributed by atoms with E-state index in [1.807, 2.05) is 27.7 Å². The molecule has 3 N–H and O–H groups in total. The van der Waals surface area contributed by atoms with Crippen LogP contribution < -0.4 is 5.32 Å². The number of rotatable bonds is 6. The molecule has 2 fully saturated rings. The Balaban J connectivity index is 0.000000717. The van der Waals surface area contributed by atoms with Crippen molar-refractivity contribution in [3.63, 3.8) is 0 Å². The van der Waals surface area contributed by atoms with E-state index in [9.17, 15) is 8.42 Å². The number of nitrogens with zero attached hydrogens (tertiary/aromatic N) is 3. The number of carbonyl (C=O) groups is 2. The smallest absolute Gasteiger partial charge is 0.414 e. The van der Waals surface area contributed by atoms with E-state index >= 15 is 0 Å². The predicted molar refractivity (Wildman–Crippen MR) is 143 cm³/mol. The average Bonchev–Trinajstić information content (AvgIpc) is 2.86. The molecule has 37 heavy (non-hydrogen) atoms. The summed E-state index contributed by atoms with van der Waals surface area (Å²) in [4.78, 5) is 23.2. The number of hydrogen-bond donors (Lipinski definition) is 3. The molecule has 0 radical (unpaired) electrons. The average molecular weight is 559 g/mol. The van der Waals surface area contributed by atoms with Gasteiger partial charge in [-0.25, -0.2) is 18.0 Å². The van der Waals surface area contributed by atoms with Gasteiger partial charge in [0.1, 0.15) is 0 Å². The Bertz CT molecular complexity index is 1040. The van der Waals surface area contributed by atoms with Crippen LogP contribution in [0.2, 0.25) is 0 Å². The molecule has 1 aromatic carbocycles. The molecule has 2 saturated heterocycles. The monoisotopic (exact) mass is 558 g/mol. The van der Waals surface area contributed by atoms with Crippen molar-refractivity contribution < 1.29 is 33.0 Å². The molecule has 0 amide bonds. The standard InChI is InChI=1S/C22H36N4O3S2.C2H2O4/c1-17-16-18(2)20(4)21(19(17)3)31(27,28)26-10-8-25(9-11-26)22(30)23-6-5-7-24-12-14-29-15-13-24;3-1(4)2(5)6/h16H,5-15H2,1-4H3,(H,23,30);(H,3,4)(H,5,6). The van der Waals surface area contributed by atoms with Crippen LogP contribution in [0, 0.1) is 27.7 Å². The lowest BCUT2D eigenvalue weighted by Gasteiger charge is -2.36. The normalized spacial score (nSPS) is 17.0. The highest BCUT2D eigenvalue weighted by molar-refractivity contribution is 7.89. The summed E-state index contributed by atoms with van der Waals surface area (Å²) >= 11 is 5.56. The second-order valence-electron chi connectivity index (χ2n) is 9.13. The van der Waals surface area contributed by atoms with Gasteiger partial charge in [0, 0.05) is 45.8 Å². The molecule has 2 aliphatic rings. The topological polar surface area (TPSA) is 140 Å². The van der Waals surface area contributed by atoms with E-state index in [1.54, 1.807) is 4.31 Å². The maximum Gasteiger partial charge on any atom is 0.414 e. The molecule has 0 saturated carbocycles. The first kappa shape index (κ1) is 30.9. The van der Waals surface area contributed by atoms with E-state index in [0.29, 0.717) is 31.1 Å². The number of sulfonamides is 1. The van der Waals surface area contributed by atoms with Crippen LogP contribution in [0.15, 0.2) is 11.0 Å². The van der Waals surface area contributed by atoms with Gasteiger partial charge in [0.2, 0.25) is 10.0 Å². The van der Waals surface area contributed by atoms with E-state index in [0.717, 1.165) is 73.2 Å². The third-order valence-corrected chi connectivity index (χ3v) is 9.21. The highest BCUT2D eigenvalue weighted by Gasteiger charge is 2.32. The zero-order valence-corrected chi connectivity index (χ0v) is 23.6. The Morgan fingerprint density at radius 1 is 0.946 bits per heavy atom. The van der Waals surface area contributed by atoms with Crippen LogP contribution in [0.25, 0.3) is 0 Å². The zero-order valence-electron chi connectivity index (χ0n) is 21.9. The van der Waals surface area contributed by atoms with Gasteiger partial charge in [0.05, 0.1) is 18.1 Å². The van der Waals surface area contributed by atoms with Crippen LogP contribution in [0.5, 0.6) is 0 Å². The van der Waals surface area contributed by atoms with Gasteiger partial charge in [-0.2, -0.15) is 4.31 Å². The second-order valence-corrected chi connectivity index (χ2v) is 11.4. The molecule has 1 aromatic rings. The van der Waals surface area contributed by atoms with Gasteiger partial charge in [0.15, 0.2) is 5.11 Å². The number of aryl methyl sites for hydroxylation is 2. The van der Waals surface area contributed by atoms with E-state index in [1.165, 1.54) is 0 Å². The molecule has 0 bridgehead atoms. The lowest BCUT2D eigenvalue weighted by Crippen LogP contribution is -2.53. The van der Waals surface area contributed by atoms with Crippen molar-refractivity contribution in [3.8, 4) is 0 Å². The molecule has 0 aromatic heterocycles. The lowest BCUT2D eigenvalue weighted by molar-refractivity contribution is -0.159. The van der Waals surface area contributed by atoms with E-state index in [-0.39, 0.29) is 0 Å². The van der Waals surface area contributed by atoms with Crippen molar-refractivity contribution in [2.24, 2.45) is 0 Å². The number of ether oxygens (including phenoxy) is 1. The minimum absolute atomic E-state index is 0.448. The summed E-state index contributed by atoms with van der Waals surface area (Å²) in [5.41, 5.74) is 3.73. The van der Waals surface area contributed by atoms with Crippen molar-refractivity contribution in [1.29, 1.82) is 0 Å². The summed E-state index contributed by atoms with van der Waals surface area (Å²) in [5.74, 6) is -3.65. The first-order valence-electron chi connectivity index (χ1n) is 12.2. The Labute approximate surface area is 224 Å². The Morgan fingerprint density at radius 2 is 1.46 bits per heavy atom. The highest BCUT2D eigenvalue weighted by atomic mass is 32.2. The van der Waals surface area contributed by atoms with Crippen LogP contribution in [-0.4, -0.2) is 115 Å². The number of carboxylic acids is 2. The molecule has 0 unspecified atom stereocenters. The van der Waals surface area contributed by atoms with Crippen molar-refractivity contribution in [2.45, 2.75) is 39.0 Å². The van der Waals surface area contributed by atoms with E-state index in [2.05, 4.69) is 21.2 Å². The van der Waals surface area contributed by atoms with Gasteiger partial charge in [0.25, 0.3) is 0 Å². The summed E-state index contributed by atoms with van der Waals surface area (Å²) < 4.78 is 33.8. The molecular formula is C24H38N4O7S2. The fourth-order valence-electron chi connectivity index (χ4n) is 4.26. The number of morpholine rings is 1. The van der Waals surface area contributed by atoms with Gasteiger partial charge in [-0.3, -0.25) is 4.90 Å². The zero-order chi connectivity index (χ0) is 27.8.